The maximum absolute atomic E-state index is 12.0. The van der Waals surface area contributed by atoms with Crippen LogP contribution in [0.4, 0.5) is 5.82 Å². The molecule has 2 aromatic heterocycles. The number of aromatic nitrogens is 3. The first-order chi connectivity index (χ1) is 12.1. The van der Waals surface area contributed by atoms with Crippen LogP contribution >= 0.6 is 0 Å². The lowest BCUT2D eigenvalue weighted by Gasteiger charge is -2.24. The number of ether oxygens (including phenoxy) is 1. The smallest absolute Gasteiger partial charge is 0.356 e. The largest absolute Gasteiger partial charge is 0.464 e. The van der Waals surface area contributed by atoms with Crippen LogP contribution in [-0.2, 0) is 4.74 Å². The van der Waals surface area contributed by atoms with Gasteiger partial charge in [0.25, 0.3) is 0 Å². The monoisotopic (exact) mass is 339 g/mol. The number of esters is 1. The second-order valence-corrected chi connectivity index (χ2v) is 6.35. The number of nitrogens with zero attached hydrogens (tertiary/aromatic N) is 3. The summed E-state index contributed by atoms with van der Waals surface area (Å²) in [6.07, 6.45) is 7.23. The first-order valence-corrected chi connectivity index (χ1v) is 8.40. The first kappa shape index (κ1) is 17.0. The topological polar surface area (TPSA) is 118 Å². The van der Waals surface area contributed by atoms with Gasteiger partial charge in [0.05, 0.1) is 13.3 Å². The van der Waals surface area contributed by atoms with Crippen molar-refractivity contribution in [2.45, 2.75) is 44.9 Å². The molecule has 0 bridgehead atoms. The number of nitrogens with two attached hydrogens (primary N) is 1. The highest BCUT2D eigenvalue weighted by atomic mass is 16.5. The highest BCUT2D eigenvalue weighted by Gasteiger charge is 2.27. The van der Waals surface area contributed by atoms with E-state index in [1.807, 2.05) is 6.92 Å². The molecule has 7 heteroatoms. The van der Waals surface area contributed by atoms with Crippen molar-refractivity contribution < 1.29 is 9.53 Å². The third kappa shape index (κ3) is 2.95. The van der Waals surface area contributed by atoms with E-state index in [0.29, 0.717) is 17.0 Å². The van der Waals surface area contributed by atoms with Crippen LogP contribution in [0.3, 0.4) is 0 Å². The molecule has 130 valence electrons. The highest BCUT2D eigenvalue weighted by molar-refractivity contribution is 5.97. The molecule has 0 unspecified atom stereocenters. The van der Waals surface area contributed by atoms with Crippen molar-refractivity contribution >= 4 is 11.8 Å². The number of carbonyl (C=O) groups excluding carboxylic acids is 1. The predicted molar refractivity (Wildman–Crippen MR) is 92.8 cm³/mol. The molecule has 0 atom stereocenters. The molecule has 3 N–H and O–H groups in total. The number of nitrogens with one attached hydrogen (secondary N) is 1. The molecule has 0 radical (unpaired) electrons. The fourth-order valence-corrected chi connectivity index (χ4v) is 3.67. The van der Waals surface area contributed by atoms with Crippen molar-refractivity contribution in [3.63, 3.8) is 0 Å². The summed E-state index contributed by atoms with van der Waals surface area (Å²) in [4.78, 5) is 16.6. The lowest BCUT2D eigenvalue weighted by molar-refractivity contribution is 0.0595. The van der Waals surface area contributed by atoms with E-state index in [2.05, 4.69) is 21.3 Å². The average Bonchev–Trinajstić information content (AvgIpc) is 3.12. The van der Waals surface area contributed by atoms with E-state index in [1.165, 1.54) is 32.6 Å². The van der Waals surface area contributed by atoms with E-state index in [4.69, 9.17) is 10.5 Å². The van der Waals surface area contributed by atoms with Gasteiger partial charge in [-0.2, -0.15) is 10.4 Å². The highest BCUT2D eigenvalue weighted by Crippen LogP contribution is 2.39. The van der Waals surface area contributed by atoms with Crippen LogP contribution in [0.25, 0.3) is 11.1 Å². The minimum atomic E-state index is -0.537. The lowest BCUT2D eigenvalue weighted by Crippen LogP contribution is -2.13. The molecule has 0 aromatic carbocycles. The van der Waals surface area contributed by atoms with Crippen molar-refractivity contribution in [1.29, 1.82) is 5.26 Å². The molecule has 1 saturated carbocycles. The van der Waals surface area contributed by atoms with Gasteiger partial charge in [-0.15, -0.1) is 0 Å². The number of carbonyl (C=O) groups is 1. The van der Waals surface area contributed by atoms with E-state index in [1.54, 1.807) is 0 Å². The molecule has 0 saturated heterocycles. The van der Waals surface area contributed by atoms with E-state index in [0.717, 1.165) is 24.1 Å². The molecule has 2 heterocycles. The van der Waals surface area contributed by atoms with Gasteiger partial charge in [-0.1, -0.05) is 19.3 Å². The number of methoxy groups -OCH3 is 1. The minimum Gasteiger partial charge on any atom is -0.464 e. The first-order valence-electron chi connectivity index (χ1n) is 8.40. The standard InChI is InChI=1S/C18H21N5O2/c1-10-14(13-9-21-23-16(13)18(24)25-2)12(8-19)17(20)22-15(10)11-6-4-3-5-7-11/h9,11H,3-7H2,1-2H3,(H2,20,22)(H,21,23). The van der Waals surface area contributed by atoms with Crippen molar-refractivity contribution in [1.82, 2.24) is 15.2 Å². The van der Waals surface area contributed by atoms with E-state index in [-0.39, 0.29) is 17.1 Å². The zero-order valence-electron chi connectivity index (χ0n) is 14.4. The summed E-state index contributed by atoms with van der Waals surface area (Å²) in [6.45, 7) is 1.93. The fourth-order valence-electron chi connectivity index (χ4n) is 3.67. The van der Waals surface area contributed by atoms with Gasteiger partial charge in [-0.25, -0.2) is 9.78 Å². The summed E-state index contributed by atoms with van der Waals surface area (Å²) < 4.78 is 4.81. The van der Waals surface area contributed by atoms with Crippen LogP contribution in [0.1, 0.15) is 65.3 Å². The van der Waals surface area contributed by atoms with Crippen LogP contribution in [0.2, 0.25) is 0 Å². The zero-order chi connectivity index (χ0) is 18.0. The molecule has 25 heavy (non-hydrogen) atoms. The molecule has 3 rings (SSSR count). The summed E-state index contributed by atoms with van der Waals surface area (Å²) >= 11 is 0. The number of aromatic amines is 1. The molecule has 0 spiro atoms. The quantitative estimate of drug-likeness (QED) is 0.830. The van der Waals surface area contributed by atoms with Gasteiger partial charge in [-0.05, 0) is 25.3 Å². The summed E-state index contributed by atoms with van der Waals surface area (Å²) in [5.41, 5.74) is 9.50. The fraction of sp³-hybridized carbons (Fsp3) is 0.444. The number of nitrogen functional groups attached to an aromatic ring is 1. The van der Waals surface area contributed by atoms with E-state index >= 15 is 0 Å². The van der Waals surface area contributed by atoms with Crippen LogP contribution in [0, 0.1) is 18.3 Å². The molecule has 1 fully saturated rings. The minimum absolute atomic E-state index is 0.195. The van der Waals surface area contributed by atoms with Gasteiger partial charge >= 0.3 is 5.97 Å². The molecular formula is C18H21N5O2. The second-order valence-electron chi connectivity index (χ2n) is 6.35. The summed E-state index contributed by atoms with van der Waals surface area (Å²) in [7, 11) is 1.30. The van der Waals surface area contributed by atoms with Crippen molar-refractivity contribution in [2.75, 3.05) is 12.8 Å². The van der Waals surface area contributed by atoms with Gasteiger partial charge < -0.3 is 10.5 Å². The Labute approximate surface area is 146 Å². The van der Waals surface area contributed by atoms with Gasteiger partial charge in [0.15, 0.2) is 5.69 Å². The second kappa shape index (κ2) is 6.93. The number of hydrogen-bond acceptors (Lipinski definition) is 6. The molecule has 1 aliphatic rings. The summed E-state index contributed by atoms with van der Waals surface area (Å²) in [5.74, 6) is -0.0119. The Hall–Kier alpha value is -2.88. The Balaban J connectivity index is 2.22. The summed E-state index contributed by atoms with van der Waals surface area (Å²) in [6, 6.07) is 2.13. The van der Waals surface area contributed by atoms with Crippen LogP contribution in [0.15, 0.2) is 6.20 Å². The van der Waals surface area contributed by atoms with Crippen molar-refractivity contribution in [3.05, 3.63) is 28.7 Å². The van der Waals surface area contributed by atoms with Crippen LogP contribution < -0.4 is 5.73 Å². The number of hydrogen-bond donors (Lipinski definition) is 2. The van der Waals surface area contributed by atoms with Gasteiger partial charge in [0.2, 0.25) is 0 Å². The molecule has 1 aliphatic carbocycles. The number of nitriles is 1. The van der Waals surface area contributed by atoms with E-state index in [9.17, 15) is 10.1 Å². The van der Waals surface area contributed by atoms with Gasteiger partial charge in [0.1, 0.15) is 17.5 Å². The predicted octanol–water partition coefficient (Wildman–Crippen LogP) is 3.07. The van der Waals surface area contributed by atoms with Gasteiger partial charge in [0, 0.05) is 22.7 Å². The third-order valence-corrected chi connectivity index (χ3v) is 4.91. The Bertz CT molecular complexity index is 844. The van der Waals surface area contributed by atoms with Crippen LogP contribution in [-0.4, -0.2) is 28.3 Å². The average molecular weight is 339 g/mol. The number of rotatable bonds is 3. The summed E-state index contributed by atoms with van der Waals surface area (Å²) in [5, 5.41) is 16.2. The molecule has 0 amide bonds. The lowest BCUT2D eigenvalue weighted by atomic mass is 9.83. The Morgan fingerprint density at radius 1 is 1.40 bits per heavy atom. The Morgan fingerprint density at radius 2 is 2.12 bits per heavy atom. The normalized spacial score (nSPS) is 14.9. The van der Waals surface area contributed by atoms with Gasteiger partial charge in [-0.3, -0.25) is 5.10 Å². The Kier molecular flexibility index (Phi) is 4.70. The molecule has 2 aromatic rings. The van der Waals surface area contributed by atoms with Crippen molar-refractivity contribution in [3.8, 4) is 17.2 Å². The maximum Gasteiger partial charge on any atom is 0.356 e. The molecule has 0 aliphatic heterocycles. The molecule has 7 nitrogen and oxygen atoms in total. The zero-order valence-corrected chi connectivity index (χ0v) is 14.4. The SMILES string of the molecule is COC(=O)c1[nH]ncc1-c1c(C)c(C2CCCCC2)nc(N)c1C#N. The third-order valence-electron chi connectivity index (χ3n) is 4.91. The van der Waals surface area contributed by atoms with Crippen LogP contribution in [0.5, 0.6) is 0 Å². The number of anilines is 1. The Morgan fingerprint density at radius 3 is 2.76 bits per heavy atom. The maximum atomic E-state index is 12.0. The number of pyridine rings is 1. The van der Waals surface area contributed by atoms with E-state index < -0.39 is 5.97 Å². The van der Waals surface area contributed by atoms with Crippen molar-refractivity contribution in [2.24, 2.45) is 0 Å². The number of H-pyrrole nitrogens is 1. The molecular weight excluding hydrogens is 318 g/mol.